The summed E-state index contributed by atoms with van der Waals surface area (Å²) >= 11 is 0. The van der Waals surface area contributed by atoms with E-state index in [0.717, 1.165) is 26.1 Å². The maximum Gasteiger partial charge on any atom is 5.00 e. The zero-order valence-corrected chi connectivity index (χ0v) is 11.4. The Morgan fingerprint density at radius 2 is 0.947 bits per heavy atom. The van der Waals surface area contributed by atoms with Crippen LogP contribution in [0.1, 0.15) is 6.42 Å². The Morgan fingerprint density at radius 3 is 1.16 bits per heavy atom. The van der Waals surface area contributed by atoms with E-state index >= 15 is 0 Å². The van der Waals surface area contributed by atoms with Crippen molar-refractivity contribution in [3.63, 3.8) is 0 Å². The third-order valence-corrected chi connectivity index (χ3v) is 0.879. The third kappa shape index (κ3) is 374. The van der Waals surface area contributed by atoms with Crippen molar-refractivity contribution < 1.29 is 17.1 Å². The minimum Gasteiger partial charge on any atom is -0.512 e. The van der Waals surface area contributed by atoms with E-state index in [4.69, 9.17) is 70.6 Å². The molecule has 0 aliphatic heterocycles. The molecular formula is C10H15FeN8. The van der Waals surface area contributed by atoms with Crippen molar-refractivity contribution in [1.29, 1.82) is 26.3 Å². The molecule has 0 aliphatic carbocycles. The van der Waals surface area contributed by atoms with Gasteiger partial charge in [-0.3, -0.25) is 0 Å². The van der Waals surface area contributed by atoms with Crippen molar-refractivity contribution in [2.45, 2.75) is 6.42 Å². The molecule has 0 aromatic carbocycles. The van der Waals surface area contributed by atoms with Crippen LogP contribution in [0, 0.1) is 59.2 Å². The molecule has 0 aromatic heterocycles. The molecule has 9 heteroatoms. The Hall–Kier alpha value is -2.15. The zero-order chi connectivity index (χ0) is 16.2. The van der Waals surface area contributed by atoms with E-state index in [1.807, 2.05) is 0 Å². The van der Waals surface area contributed by atoms with E-state index < -0.39 is 0 Å². The first-order valence-corrected chi connectivity index (χ1v) is 4.14. The molecule has 0 amide bonds. The Kier molecular flexibility index (Phi) is 542. The van der Waals surface area contributed by atoms with E-state index in [9.17, 15) is 0 Å². The fourth-order valence-corrected chi connectivity index (χ4v) is 0.454. The predicted molar refractivity (Wildman–Crippen MR) is 60.4 cm³/mol. The van der Waals surface area contributed by atoms with Crippen molar-refractivity contribution in [2.75, 3.05) is 26.2 Å². The first kappa shape index (κ1) is 43.6. The van der Waals surface area contributed by atoms with E-state index in [2.05, 4.69) is 5.32 Å². The van der Waals surface area contributed by atoms with Crippen molar-refractivity contribution in [2.24, 2.45) is 11.5 Å². The maximum absolute atomic E-state index is 6.25. The van der Waals surface area contributed by atoms with Gasteiger partial charge in [0.25, 0.3) is 0 Å². The number of hydrogen-bond acceptors (Lipinski definition) is 8. The second-order valence-corrected chi connectivity index (χ2v) is 1.68. The smallest absolute Gasteiger partial charge is 0.512 e. The predicted octanol–water partition coefficient (Wildman–Crippen LogP) is -0.637. The molecule has 0 bridgehead atoms. The summed E-state index contributed by atoms with van der Waals surface area (Å²) in [6, 6.07) is 0. The molecule has 0 aromatic rings. The molecule has 0 atom stereocenters. The molecule has 0 rings (SSSR count). The largest absolute Gasteiger partial charge is 5.00 e. The van der Waals surface area contributed by atoms with Gasteiger partial charge in [-0.15, -0.1) is 0 Å². The van der Waals surface area contributed by atoms with Gasteiger partial charge in [0.2, 0.25) is 0 Å². The van der Waals surface area contributed by atoms with Gasteiger partial charge >= 0.3 is 17.1 Å². The SMILES string of the molecule is NCCCNCCN.[C-]#N.[C-]#N.[C-]#N.[C-]#N.[C-]#N.[Fe+5]. The number of nitrogens with two attached hydrogens (primary N) is 2. The minimum absolute atomic E-state index is 0. The van der Waals surface area contributed by atoms with E-state index in [1.165, 1.54) is 0 Å². The van der Waals surface area contributed by atoms with Crippen LogP contribution in [0.15, 0.2) is 0 Å². The molecule has 0 heterocycles. The van der Waals surface area contributed by atoms with Crippen LogP contribution < -0.4 is 16.8 Å². The summed E-state index contributed by atoms with van der Waals surface area (Å²) in [4.78, 5) is 0. The van der Waals surface area contributed by atoms with Crippen molar-refractivity contribution in [3.05, 3.63) is 32.9 Å². The number of rotatable bonds is 5. The average Bonchev–Trinajstić information content (AvgIpc) is 2.54. The summed E-state index contributed by atoms with van der Waals surface area (Å²) in [6.07, 6.45) is 1.04. The molecule has 1 radical (unpaired) electrons. The van der Waals surface area contributed by atoms with Gasteiger partial charge < -0.3 is 76.0 Å². The van der Waals surface area contributed by atoms with Crippen LogP contribution in [0.4, 0.5) is 0 Å². The number of nitrogens with one attached hydrogen (secondary N) is 1. The molecule has 19 heavy (non-hydrogen) atoms. The fraction of sp³-hybridized carbons (Fsp3) is 0.500. The molecule has 8 nitrogen and oxygen atoms in total. The van der Waals surface area contributed by atoms with Crippen LogP contribution in [0.3, 0.4) is 0 Å². The molecule has 0 unspecified atom stereocenters. The standard InChI is InChI=1S/C5H15N3.5CN.Fe/c6-2-1-4-8-5-3-7;5*1-2;/h8H,1-7H2;;;;;;/q;5*-1;+5. The average molecular weight is 303 g/mol. The summed E-state index contributed by atoms with van der Waals surface area (Å²) in [6.45, 7) is 27.1. The normalized spacial score (nSPS) is 4.63. The monoisotopic (exact) mass is 303 g/mol. The van der Waals surface area contributed by atoms with Gasteiger partial charge in [-0.05, 0) is 19.5 Å². The first-order chi connectivity index (χ1) is 8.91. The van der Waals surface area contributed by atoms with Gasteiger partial charge in [0.05, 0.1) is 0 Å². The molecule has 0 fully saturated rings. The summed E-state index contributed by atoms with van der Waals surface area (Å²) in [5, 5.41) is 34.4. The van der Waals surface area contributed by atoms with Crippen molar-refractivity contribution >= 4 is 0 Å². The van der Waals surface area contributed by atoms with Crippen LogP contribution in [0.25, 0.3) is 0 Å². The van der Waals surface area contributed by atoms with Gasteiger partial charge in [-0.25, -0.2) is 0 Å². The molecule has 0 aliphatic rings. The molecule has 5 N–H and O–H groups in total. The van der Waals surface area contributed by atoms with Gasteiger partial charge in [-0.2, -0.15) is 0 Å². The fourth-order valence-electron chi connectivity index (χ4n) is 0.454. The molecular weight excluding hydrogens is 288 g/mol. The van der Waals surface area contributed by atoms with Crippen molar-refractivity contribution in [3.8, 4) is 0 Å². The van der Waals surface area contributed by atoms with Gasteiger partial charge in [0, 0.05) is 13.1 Å². The number of nitrogens with zero attached hydrogens (tertiary/aromatic N) is 5. The van der Waals surface area contributed by atoms with Crippen molar-refractivity contribution in [1.82, 2.24) is 5.32 Å². The van der Waals surface area contributed by atoms with Gasteiger partial charge in [-0.1, -0.05) is 0 Å². The molecule has 0 saturated carbocycles. The van der Waals surface area contributed by atoms with E-state index in [0.29, 0.717) is 6.54 Å². The van der Waals surface area contributed by atoms with E-state index in [1.54, 1.807) is 0 Å². The topological polar surface area (TPSA) is 183 Å². The van der Waals surface area contributed by atoms with Gasteiger partial charge in [0.15, 0.2) is 0 Å². The van der Waals surface area contributed by atoms with Crippen LogP contribution in [0.5, 0.6) is 0 Å². The summed E-state index contributed by atoms with van der Waals surface area (Å²) in [7, 11) is 0. The second-order valence-electron chi connectivity index (χ2n) is 1.68. The summed E-state index contributed by atoms with van der Waals surface area (Å²) in [5.74, 6) is 0. The quantitative estimate of drug-likeness (QED) is 0.340. The Labute approximate surface area is 126 Å². The second kappa shape index (κ2) is 236. The molecule has 0 saturated heterocycles. The van der Waals surface area contributed by atoms with E-state index in [-0.39, 0.29) is 17.1 Å². The van der Waals surface area contributed by atoms with Crippen LogP contribution >= 0.6 is 0 Å². The first-order valence-electron chi connectivity index (χ1n) is 4.14. The molecule has 0 spiro atoms. The van der Waals surface area contributed by atoms with Crippen LogP contribution in [-0.2, 0) is 17.1 Å². The van der Waals surface area contributed by atoms with Crippen LogP contribution in [0.2, 0.25) is 0 Å². The third-order valence-electron chi connectivity index (χ3n) is 0.879. The molecule has 103 valence electrons. The summed E-state index contributed by atoms with van der Waals surface area (Å²) in [5.41, 5.74) is 10.5. The van der Waals surface area contributed by atoms with Gasteiger partial charge in [0.1, 0.15) is 0 Å². The summed E-state index contributed by atoms with van der Waals surface area (Å²) < 4.78 is 0. The Balaban J connectivity index is -0.0000000223. The Morgan fingerprint density at radius 1 is 0.632 bits per heavy atom. The van der Waals surface area contributed by atoms with Crippen LogP contribution in [-0.4, -0.2) is 26.2 Å². The zero-order valence-electron chi connectivity index (χ0n) is 10.3. The number of hydrogen-bond donors (Lipinski definition) is 3. The minimum atomic E-state index is 0. The maximum atomic E-state index is 6.25. The Bertz CT molecular complexity index is 143.